The number of hydrogen-bond acceptors (Lipinski definition) is 5. The SMILES string of the molecule is COc1ccccc1-c1noc(C2CC(=O)N(c3cc(F)ccc3Cl)C2)n1. The predicted molar refractivity (Wildman–Crippen MR) is 97.4 cm³/mol. The fourth-order valence-corrected chi connectivity index (χ4v) is 3.36. The van der Waals surface area contributed by atoms with Crippen LogP contribution < -0.4 is 9.64 Å². The molecular formula is C19H15ClFN3O3. The van der Waals surface area contributed by atoms with E-state index < -0.39 is 5.82 Å². The number of benzene rings is 2. The summed E-state index contributed by atoms with van der Waals surface area (Å²) in [6.45, 7) is 0.287. The standard InChI is InChI=1S/C19H15ClFN3O3/c1-26-16-5-3-2-4-13(16)18-22-19(27-23-18)11-8-17(25)24(10-11)15-9-12(21)6-7-14(15)20/h2-7,9,11H,8,10H2,1H3. The van der Waals surface area contributed by atoms with Crippen LogP contribution in [0.3, 0.4) is 0 Å². The van der Waals surface area contributed by atoms with Crippen molar-refractivity contribution in [2.45, 2.75) is 12.3 Å². The molecule has 0 bridgehead atoms. The molecular weight excluding hydrogens is 373 g/mol. The lowest BCUT2D eigenvalue weighted by Gasteiger charge is -2.17. The smallest absolute Gasteiger partial charge is 0.232 e. The van der Waals surface area contributed by atoms with Crippen molar-refractivity contribution in [1.29, 1.82) is 0 Å². The van der Waals surface area contributed by atoms with Gasteiger partial charge in [0.1, 0.15) is 11.6 Å². The highest BCUT2D eigenvalue weighted by Gasteiger charge is 2.36. The summed E-state index contributed by atoms with van der Waals surface area (Å²) in [7, 11) is 1.57. The minimum Gasteiger partial charge on any atom is -0.496 e. The highest BCUT2D eigenvalue weighted by atomic mass is 35.5. The Labute approximate surface area is 159 Å². The van der Waals surface area contributed by atoms with Crippen LogP contribution in [0.25, 0.3) is 11.4 Å². The molecule has 0 N–H and O–H groups in total. The van der Waals surface area contributed by atoms with E-state index in [2.05, 4.69) is 10.1 Å². The number of carbonyl (C=O) groups excluding carboxylic acids is 1. The molecule has 1 aliphatic rings. The molecule has 6 nitrogen and oxygen atoms in total. The lowest BCUT2D eigenvalue weighted by molar-refractivity contribution is -0.117. The summed E-state index contributed by atoms with van der Waals surface area (Å²) in [4.78, 5) is 18.3. The summed E-state index contributed by atoms with van der Waals surface area (Å²) < 4.78 is 24.3. The van der Waals surface area contributed by atoms with E-state index in [4.69, 9.17) is 20.9 Å². The Balaban J connectivity index is 1.60. The van der Waals surface area contributed by atoms with Crippen molar-refractivity contribution in [3.63, 3.8) is 0 Å². The van der Waals surface area contributed by atoms with E-state index in [1.165, 1.54) is 23.1 Å². The van der Waals surface area contributed by atoms with Crippen LogP contribution in [0.5, 0.6) is 5.75 Å². The van der Waals surface area contributed by atoms with Gasteiger partial charge in [-0.2, -0.15) is 4.98 Å². The predicted octanol–water partition coefficient (Wildman–Crippen LogP) is 4.06. The van der Waals surface area contributed by atoms with Crippen LogP contribution in [-0.2, 0) is 4.79 Å². The molecule has 1 atom stereocenters. The fourth-order valence-electron chi connectivity index (χ4n) is 3.14. The number of ether oxygens (including phenoxy) is 1. The molecule has 1 unspecified atom stereocenters. The van der Waals surface area contributed by atoms with Gasteiger partial charge in [-0.1, -0.05) is 28.9 Å². The summed E-state index contributed by atoms with van der Waals surface area (Å²) in [6, 6.07) is 11.3. The summed E-state index contributed by atoms with van der Waals surface area (Å²) >= 11 is 6.13. The minimum atomic E-state index is -0.457. The van der Waals surface area contributed by atoms with Crippen molar-refractivity contribution in [2.75, 3.05) is 18.6 Å². The first-order valence-corrected chi connectivity index (χ1v) is 8.67. The van der Waals surface area contributed by atoms with E-state index in [-0.39, 0.29) is 24.8 Å². The Bertz CT molecular complexity index is 1010. The number of halogens is 2. The lowest BCUT2D eigenvalue weighted by atomic mass is 10.1. The highest BCUT2D eigenvalue weighted by Crippen LogP contribution is 2.36. The Hall–Kier alpha value is -2.93. The Kier molecular flexibility index (Phi) is 4.53. The van der Waals surface area contributed by atoms with Crippen molar-refractivity contribution in [3.05, 3.63) is 59.2 Å². The molecule has 1 saturated heterocycles. The molecule has 2 heterocycles. The Morgan fingerprint density at radius 2 is 2.11 bits per heavy atom. The number of nitrogens with zero attached hydrogens (tertiary/aromatic N) is 3. The first kappa shape index (κ1) is 17.5. The van der Waals surface area contributed by atoms with Gasteiger partial charge in [-0.3, -0.25) is 4.79 Å². The quantitative estimate of drug-likeness (QED) is 0.675. The van der Waals surface area contributed by atoms with Crippen molar-refractivity contribution >= 4 is 23.2 Å². The number of methoxy groups -OCH3 is 1. The van der Waals surface area contributed by atoms with E-state index in [1.807, 2.05) is 18.2 Å². The zero-order chi connectivity index (χ0) is 19.0. The van der Waals surface area contributed by atoms with E-state index in [1.54, 1.807) is 13.2 Å². The Morgan fingerprint density at radius 1 is 1.30 bits per heavy atom. The van der Waals surface area contributed by atoms with Crippen molar-refractivity contribution in [2.24, 2.45) is 0 Å². The Morgan fingerprint density at radius 3 is 2.93 bits per heavy atom. The molecule has 8 heteroatoms. The third-order valence-electron chi connectivity index (χ3n) is 4.46. The highest BCUT2D eigenvalue weighted by molar-refractivity contribution is 6.33. The van der Waals surface area contributed by atoms with Gasteiger partial charge in [0.15, 0.2) is 0 Å². The van der Waals surface area contributed by atoms with Gasteiger partial charge in [-0.15, -0.1) is 0 Å². The van der Waals surface area contributed by atoms with Crippen LogP contribution in [0.15, 0.2) is 47.0 Å². The molecule has 0 aliphatic carbocycles. The monoisotopic (exact) mass is 387 g/mol. The lowest BCUT2D eigenvalue weighted by Crippen LogP contribution is -2.24. The van der Waals surface area contributed by atoms with Gasteiger partial charge in [0.05, 0.1) is 29.3 Å². The number of para-hydroxylation sites is 1. The molecule has 4 rings (SSSR count). The van der Waals surface area contributed by atoms with Crippen LogP contribution in [0.4, 0.5) is 10.1 Å². The number of anilines is 1. The van der Waals surface area contributed by atoms with Gasteiger partial charge in [0, 0.05) is 13.0 Å². The molecule has 1 aromatic heterocycles. The van der Waals surface area contributed by atoms with Crippen LogP contribution in [0.2, 0.25) is 5.02 Å². The molecule has 1 aliphatic heterocycles. The van der Waals surface area contributed by atoms with Crippen LogP contribution >= 0.6 is 11.6 Å². The second-order valence-electron chi connectivity index (χ2n) is 6.16. The number of carbonyl (C=O) groups is 1. The molecule has 3 aromatic rings. The fraction of sp³-hybridized carbons (Fsp3) is 0.211. The molecule has 0 spiro atoms. The zero-order valence-corrected chi connectivity index (χ0v) is 15.1. The molecule has 1 fully saturated rings. The van der Waals surface area contributed by atoms with Crippen LogP contribution in [0.1, 0.15) is 18.2 Å². The normalized spacial score (nSPS) is 16.8. The number of rotatable bonds is 4. The molecule has 2 aromatic carbocycles. The maximum Gasteiger partial charge on any atom is 0.232 e. The van der Waals surface area contributed by atoms with Gasteiger partial charge >= 0.3 is 0 Å². The van der Waals surface area contributed by atoms with Gasteiger partial charge < -0.3 is 14.2 Å². The average molecular weight is 388 g/mol. The largest absolute Gasteiger partial charge is 0.496 e. The minimum absolute atomic E-state index is 0.176. The molecule has 27 heavy (non-hydrogen) atoms. The average Bonchev–Trinajstić information content (AvgIpc) is 3.30. The molecule has 138 valence electrons. The molecule has 0 saturated carbocycles. The number of aromatic nitrogens is 2. The topological polar surface area (TPSA) is 68.5 Å². The van der Waals surface area contributed by atoms with Crippen LogP contribution in [0, 0.1) is 5.82 Å². The van der Waals surface area contributed by atoms with E-state index in [0.29, 0.717) is 33.7 Å². The van der Waals surface area contributed by atoms with Gasteiger partial charge in [0.25, 0.3) is 0 Å². The second-order valence-corrected chi connectivity index (χ2v) is 6.56. The first-order valence-electron chi connectivity index (χ1n) is 8.29. The maximum atomic E-state index is 13.6. The molecule has 1 amide bonds. The van der Waals surface area contributed by atoms with E-state index in [0.717, 1.165) is 0 Å². The summed E-state index contributed by atoms with van der Waals surface area (Å²) in [5, 5.41) is 4.32. The zero-order valence-electron chi connectivity index (χ0n) is 14.4. The van der Waals surface area contributed by atoms with Gasteiger partial charge in [-0.25, -0.2) is 4.39 Å². The number of hydrogen-bond donors (Lipinski definition) is 0. The number of amides is 1. The first-order chi connectivity index (χ1) is 13.1. The molecule has 0 radical (unpaired) electrons. The third-order valence-corrected chi connectivity index (χ3v) is 4.78. The van der Waals surface area contributed by atoms with Crippen molar-refractivity contribution in [1.82, 2.24) is 10.1 Å². The van der Waals surface area contributed by atoms with Crippen molar-refractivity contribution in [3.8, 4) is 17.1 Å². The van der Waals surface area contributed by atoms with Gasteiger partial charge in [-0.05, 0) is 30.3 Å². The van der Waals surface area contributed by atoms with Crippen LogP contribution in [-0.4, -0.2) is 29.7 Å². The second kappa shape index (κ2) is 7.00. The maximum absolute atomic E-state index is 13.6. The van der Waals surface area contributed by atoms with E-state index >= 15 is 0 Å². The van der Waals surface area contributed by atoms with Crippen molar-refractivity contribution < 1.29 is 18.4 Å². The van der Waals surface area contributed by atoms with E-state index in [9.17, 15) is 9.18 Å². The summed E-state index contributed by atoms with van der Waals surface area (Å²) in [5.41, 5.74) is 1.04. The van der Waals surface area contributed by atoms with Gasteiger partial charge in [0.2, 0.25) is 17.6 Å². The summed E-state index contributed by atoms with van der Waals surface area (Å²) in [6.07, 6.45) is 0.181. The third kappa shape index (κ3) is 3.26. The summed E-state index contributed by atoms with van der Waals surface area (Å²) in [5.74, 6) is 0.427.